The first-order valence-electron chi connectivity index (χ1n) is 5.55. The van der Waals surface area contributed by atoms with Crippen LogP contribution in [0.5, 0.6) is 0 Å². The van der Waals surface area contributed by atoms with Gasteiger partial charge in [0.2, 0.25) is 0 Å². The summed E-state index contributed by atoms with van der Waals surface area (Å²) < 4.78 is 0. The monoisotopic (exact) mass is 215 g/mol. The first kappa shape index (κ1) is 12.6. The van der Waals surface area contributed by atoms with E-state index in [1.807, 2.05) is 30.3 Å². The Hall–Kier alpha value is -1.50. The molecule has 1 heteroatoms. The van der Waals surface area contributed by atoms with Crippen LogP contribution in [0.2, 0.25) is 0 Å². The van der Waals surface area contributed by atoms with Gasteiger partial charge in [0.15, 0.2) is 0 Å². The summed E-state index contributed by atoms with van der Waals surface area (Å²) >= 11 is 0. The summed E-state index contributed by atoms with van der Waals surface area (Å²) in [6, 6.07) is 8.01. The summed E-state index contributed by atoms with van der Waals surface area (Å²) in [6.45, 7) is 12.6. The van der Waals surface area contributed by atoms with Crippen molar-refractivity contribution < 1.29 is 0 Å². The van der Waals surface area contributed by atoms with Crippen LogP contribution in [0.25, 0.3) is 12.7 Å². The highest BCUT2D eigenvalue weighted by atomic mass is 14.6. The van der Waals surface area contributed by atoms with Crippen molar-refractivity contribution in [1.82, 2.24) is 0 Å². The average Bonchev–Trinajstić information content (AvgIpc) is 2.19. The Balaban J connectivity index is 3.31. The van der Waals surface area contributed by atoms with E-state index in [4.69, 9.17) is 5.73 Å². The third-order valence-corrected chi connectivity index (χ3v) is 2.92. The van der Waals surface area contributed by atoms with Gasteiger partial charge in [-0.05, 0) is 34.4 Å². The van der Waals surface area contributed by atoms with Crippen LogP contribution in [-0.4, -0.2) is 0 Å². The smallest absolute Gasteiger partial charge is 0.0314 e. The van der Waals surface area contributed by atoms with Crippen molar-refractivity contribution in [2.45, 2.75) is 27.7 Å². The van der Waals surface area contributed by atoms with E-state index in [0.29, 0.717) is 0 Å². The molecule has 0 saturated carbocycles. The Morgan fingerprint density at radius 1 is 1.25 bits per heavy atom. The SMILES string of the molecule is C=c1cccc/c1=C/C(N)=C(\C)C(C)(C)C. The highest BCUT2D eigenvalue weighted by Gasteiger charge is 2.14. The Labute approximate surface area is 98.0 Å². The van der Waals surface area contributed by atoms with Crippen LogP contribution in [0.1, 0.15) is 27.7 Å². The minimum atomic E-state index is 0.108. The third kappa shape index (κ3) is 2.99. The summed E-state index contributed by atoms with van der Waals surface area (Å²) in [6.07, 6.45) is 2.00. The minimum Gasteiger partial charge on any atom is -0.399 e. The van der Waals surface area contributed by atoms with Crippen LogP contribution in [0.15, 0.2) is 35.5 Å². The van der Waals surface area contributed by atoms with Crippen molar-refractivity contribution >= 4 is 12.7 Å². The van der Waals surface area contributed by atoms with Crippen LogP contribution in [0.4, 0.5) is 0 Å². The normalized spacial score (nSPS) is 14.9. The second-order valence-corrected chi connectivity index (χ2v) is 5.17. The second-order valence-electron chi connectivity index (χ2n) is 5.17. The van der Waals surface area contributed by atoms with Crippen molar-refractivity contribution in [3.8, 4) is 0 Å². The van der Waals surface area contributed by atoms with E-state index in [-0.39, 0.29) is 5.41 Å². The topological polar surface area (TPSA) is 26.0 Å². The highest BCUT2D eigenvalue weighted by molar-refractivity contribution is 5.48. The first-order chi connectivity index (χ1) is 7.32. The standard InChI is InChI=1S/C15H21N/c1-11-8-6-7-9-13(11)10-14(16)12(2)15(3,4)5/h6-10H,1,16H2,2-5H3/b13-10-,14-12-. The zero-order valence-corrected chi connectivity index (χ0v) is 10.7. The number of rotatable bonds is 1. The minimum absolute atomic E-state index is 0.108. The molecule has 0 aliphatic carbocycles. The molecule has 0 bridgehead atoms. The molecule has 0 atom stereocenters. The van der Waals surface area contributed by atoms with Crippen molar-refractivity contribution in [3.05, 3.63) is 46.0 Å². The molecule has 0 fully saturated rings. The lowest BCUT2D eigenvalue weighted by Crippen LogP contribution is -2.24. The Kier molecular flexibility index (Phi) is 3.58. The lowest BCUT2D eigenvalue weighted by atomic mass is 9.86. The Bertz CT molecular complexity index is 501. The van der Waals surface area contributed by atoms with Gasteiger partial charge in [0, 0.05) is 5.70 Å². The average molecular weight is 215 g/mol. The van der Waals surface area contributed by atoms with Crippen LogP contribution in [0.3, 0.4) is 0 Å². The van der Waals surface area contributed by atoms with E-state index < -0.39 is 0 Å². The molecule has 1 aromatic carbocycles. The Morgan fingerprint density at radius 3 is 2.31 bits per heavy atom. The molecule has 0 amide bonds. The summed E-state index contributed by atoms with van der Waals surface area (Å²) in [4.78, 5) is 0. The van der Waals surface area contributed by atoms with Gasteiger partial charge in [-0.2, -0.15) is 0 Å². The molecule has 0 heterocycles. The fourth-order valence-corrected chi connectivity index (χ4v) is 1.38. The van der Waals surface area contributed by atoms with Crippen LogP contribution < -0.4 is 16.2 Å². The van der Waals surface area contributed by atoms with Gasteiger partial charge in [-0.3, -0.25) is 0 Å². The van der Waals surface area contributed by atoms with E-state index in [1.54, 1.807) is 0 Å². The molecule has 0 spiro atoms. The maximum absolute atomic E-state index is 6.10. The second kappa shape index (κ2) is 4.56. The lowest BCUT2D eigenvalue weighted by molar-refractivity contribution is 0.500. The van der Waals surface area contributed by atoms with Gasteiger partial charge in [0.05, 0.1) is 0 Å². The van der Waals surface area contributed by atoms with Gasteiger partial charge in [0.25, 0.3) is 0 Å². The number of hydrogen-bond acceptors (Lipinski definition) is 1. The molecule has 0 aromatic heterocycles. The van der Waals surface area contributed by atoms with Crippen LogP contribution in [-0.2, 0) is 0 Å². The molecule has 1 aromatic rings. The number of hydrogen-bond donors (Lipinski definition) is 1. The molecule has 0 aliphatic rings. The predicted molar refractivity (Wildman–Crippen MR) is 72.0 cm³/mol. The molecule has 1 nitrogen and oxygen atoms in total. The molecular formula is C15H21N. The number of allylic oxidation sites excluding steroid dienone is 2. The highest BCUT2D eigenvalue weighted by Crippen LogP contribution is 2.25. The van der Waals surface area contributed by atoms with E-state index in [0.717, 1.165) is 16.1 Å². The molecular weight excluding hydrogens is 194 g/mol. The van der Waals surface area contributed by atoms with Crippen LogP contribution in [0, 0.1) is 5.41 Å². The maximum Gasteiger partial charge on any atom is 0.0314 e. The lowest BCUT2D eigenvalue weighted by Gasteiger charge is -2.20. The summed E-state index contributed by atoms with van der Waals surface area (Å²) in [5.74, 6) is 0. The van der Waals surface area contributed by atoms with E-state index >= 15 is 0 Å². The quantitative estimate of drug-likeness (QED) is 0.763. The summed E-state index contributed by atoms with van der Waals surface area (Å²) in [5.41, 5.74) is 8.25. The molecule has 86 valence electrons. The van der Waals surface area contributed by atoms with Crippen molar-refractivity contribution in [1.29, 1.82) is 0 Å². The Morgan fingerprint density at radius 2 is 1.81 bits per heavy atom. The van der Waals surface area contributed by atoms with E-state index in [1.165, 1.54) is 5.57 Å². The summed E-state index contributed by atoms with van der Waals surface area (Å²) in [5, 5.41) is 2.09. The number of benzene rings is 1. The van der Waals surface area contributed by atoms with Crippen LogP contribution >= 0.6 is 0 Å². The molecule has 0 saturated heterocycles. The fraction of sp³-hybridized carbons (Fsp3) is 0.333. The first-order valence-corrected chi connectivity index (χ1v) is 5.55. The van der Waals surface area contributed by atoms with Crippen molar-refractivity contribution in [2.75, 3.05) is 0 Å². The van der Waals surface area contributed by atoms with Crippen molar-refractivity contribution in [2.24, 2.45) is 11.1 Å². The van der Waals surface area contributed by atoms with Gasteiger partial charge in [-0.25, -0.2) is 0 Å². The third-order valence-electron chi connectivity index (χ3n) is 2.92. The molecule has 2 N–H and O–H groups in total. The largest absolute Gasteiger partial charge is 0.399 e. The molecule has 0 radical (unpaired) electrons. The predicted octanol–water partition coefficient (Wildman–Crippen LogP) is 2.16. The summed E-state index contributed by atoms with van der Waals surface area (Å²) in [7, 11) is 0. The van der Waals surface area contributed by atoms with Gasteiger partial charge >= 0.3 is 0 Å². The van der Waals surface area contributed by atoms with Gasteiger partial charge in [0.1, 0.15) is 0 Å². The van der Waals surface area contributed by atoms with Gasteiger partial charge in [-0.15, -0.1) is 0 Å². The van der Waals surface area contributed by atoms with E-state index in [9.17, 15) is 0 Å². The number of nitrogens with two attached hydrogens (primary N) is 1. The molecule has 0 unspecified atom stereocenters. The van der Waals surface area contributed by atoms with Gasteiger partial charge in [-0.1, -0.05) is 51.6 Å². The molecule has 0 aliphatic heterocycles. The fourth-order valence-electron chi connectivity index (χ4n) is 1.38. The maximum atomic E-state index is 6.10. The molecule has 16 heavy (non-hydrogen) atoms. The van der Waals surface area contributed by atoms with E-state index in [2.05, 4.69) is 34.3 Å². The zero-order valence-electron chi connectivity index (χ0n) is 10.7. The zero-order chi connectivity index (χ0) is 12.3. The van der Waals surface area contributed by atoms with Crippen molar-refractivity contribution in [3.63, 3.8) is 0 Å². The molecule has 1 rings (SSSR count). The van der Waals surface area contributed by atoms with Gasteiger partial charge < -0.3 is 5.73 Å².